The zero-order valence-corrected chi connectivity index (χ0v) is 14.8. The number of carbonyl (C=O) groups is 1. The van der Waals surface area contributed by atoms with E-state index in [9.17, 15) is 15.0 Å². The van der Waals surface area contributed by atoms with E-state index in [-0.39, 0.29) is 19.1 Å². The van der Waals surface area contributed by atoms with E-state index in [0.717, 1.165) is 6.42 Å². The Morgan fingerprint density at radius 1 is 1.24 bits per heavy atom. The molecule has 140 valence electrons. The van der Waals surface area contributed by atoms with Crippen LogP contribution in [0.25, 0.3) is 0 Å². The monoisotopic (exact) mass is 353 g/mol. The maximum absolute atomic E-state index is 12.9. The third kappa shape index (κ3) is 5.15. The molecule has 1 heterocycles. The molecule has 0 aromatic heterocycles. The van der Waals surface area contributed by atoms with Crippen molar-refractivity contribution in [3.8, 4) is 5.75 Å². The van der Waals surface area contributed by atoms with Crippen molar-refractivity contribution in [1.29, 1.82) is 0 Å². The summed E-state index contributed by atoms with van der Waals surface area (Å²) in [6.45, 7) is 3.66. The van der Waals surface area contributed by atoms with Gasteiger partial charge in [0.15, 0.2) is 0 Å². The van der Waals surface area contributed by atoms with Crippen molar-refractivity contribution >= 4 is 5.91 Å². The van der Waals surface area contributed by atoms with Gasteiger partial charge in [-0.2, -0.15) is 0 Å². The second kappa shape index (κ2) is 9.72. The van der Waals surface area contributed by atoms with Gasteiger partial charge < -0.3 is 29.3 Å². The average Bonchev–Trinajstić information content (AvgIpc) is 2.63. The van der Waals surface area contributed by atoms with E-state index in [1.165, 1.54) is 0 Å². The Morgan fingerprint density at radius 2 is 1.96 bits per heavy atom. The molecule has 7 nitrogen and oxygen atoms in total. The number of nitrogens with zero attached hydrogens (tertiary/aromatic N) is 1. The second-order valence-electron chi connectivity index (χ2n) is 6.03. The van der Waals surface area contributed by atoms with Gasteiger partial charge >= 0.3 is 0 Å². The zero-order chi connectivity index (χ0) is 18.2. The van der Waals surface area contributed by atoms with Crippen LogP contribution in [0.1, 0.15) is 23.7 Å². The number of methoxy groups -OCH3 is 1. The van der Waals surface area contributed by atoms with Crippen LogP contribution < -0.4 is 4.74 Å². The van der Waals surface area contributed by atoms with Crippen LogP contribution in [-0.2, 0) is 9.47 Å². The molecule has 1 fully saturated rings. The Kier molecular flexibility index (Phi) is 7.64. The summed E-state index contributed by atoms with van der Waals surface area (Å²) in [4.78, 5) is 14.5. The third-order valence-electron chi connectivity index (χ3n) is 4.15. The average molecular weight is 353 g/mol. The van der Waals surface area contributed by atoms with E-state index < -0.39 is 18.2 Å². The smallest absolute Gasteiger partial charge is 0.254 e. The molecule has 2 rings (SSSR count). The minimum atomic E-state index is -1.01. The SMILES string of the molecule is CCCN(C(=O)c1ccc(OCCOC)cc1)[C@@H]1COC[C@@H](O)[C@H]1O. The van der Waals surface area contributed by atoms with Crippen LogP contribution in [0.4, 0.5) is 0 Å². The van der Waals surface area contributed by atoms with Gasteiger partial charge in [-0.05, 0) is 30.7 Å². The second-order valence-corrected chi connectivity index (χ2v) is 6.03. The number of rotatable bonds is 8. The number of carbonyl (C=O) groups excluding carboxylic acids is 1. The van der Waals surface area contributed by atoms with E-state index in [0.29, 0.717) is 31.1 Å². The normalized spacial score (nSPS) is 23.3. The topological polar surface area (TPSA) is 88.5 Å². The summed E-state index contributed by atoms with van der Waals surface area (Å²) in [5.41, 5.74) is 0.500. The molecule has 1 aromatic carbocycles. The van der Waals surface area contributed by atoms with Crippen LogP contribution in [0.3, 0.4) is 0 Å². The quantitative estimate of drug-likeness (QED) is 0.669. The predicted molar refractivity (Wildman–Crippen MR) is 91.8 cm³/mol. The van der Waals surface area contributed by atoms with E-state index in [2.05, 4.69) is 0 Å². The summed E-state index contributed by atoms with van der Waals surface area (Å²) in [7, 11) is 1.60. The maximum atomic E-state index is 12.9. The molecule has 25 heavy (non-hydrogen) atoms. The highest BCUT2D eigenvalue weighted by Gasteiger charge is 2.37. The predicted octanol–water partition coefficient (Wildman–Crippen LogP) is 0.685. The lowest BCUT2D eigenvalue weighted by atomic mass is 10.0. The number of aliphatic hydroxyl groups excluding tert-OH is 2. The van der Waals surface area contributed by atoms with Crippen molar-refractivity contribution in [2.75, 3.05) is 40.1 Å². The molecule has 0 saturated carbocycles. The first-order valence-corrected chi connectivity index (χ1v) is 8.55. The number of hydrogen-bond donors (Lipinski definition) is 2. The van der Waals surface area contributed by atoms with E-state index in [4.69, 9.17) is 14.2 Å². The standard InChI is InChI=1S/C18H27NO6/c1-3-8-19(15-11-24-12-16(20)17(15)21)18(22)13-4-6-14(7-5-13)25-10-9-23-2/h4-7,15-17,20-21H,3,8-12H2,1-2H3/t15-,16-,17+/m1/s1. The molecule has 0 spiro atoms. The number of ether oxygens (including phenoxy) is 3. The molecule has 1 aliphatic heterocycles. The van der Waals surface area contributed by atoms with Crippen LogP contribution in [0.5, 0.6) is 5.75 Å². The van der Waals surface area contributed by atoms with Crippen molar-refractivity contribution in [1.82, 2.24) is 4.90 Å². The zero-order valence-electron chi connectivity index (χ0n) is 14.8. The molecular weight excluding hydrogens is 326 g/mol. The first kappa shape index (κ1) is 19.7. The van der Waals surface area contributed by atoms with E-state index in [1.807, 2.05) is 6.92 Å². The Labute approximate surface area is 148 Å². The van der Waals surface area contributed by atoms with Crippen molar-refractivity contribution in [3.05, 3.63) is 29.8 Å². The lowest BCUT2D eigenvalue weighted by Crippen LogP contribution is -2.57. The van der Waals surface area contributed by atoms with Gasteiger partial charge in [0.2, 0.25) is 0 Å². The first-order chi connectivity index (χ1) is 12.1. The third-order valence-corrected chi connectivity index (χ3v) is 4.15. The highest BCUT2D eigenvalue weighted by Crippen LogP contribution is 2.20. The minimum absolute atomic E-state index is 0.0827. The van der Waals surface area contributed by atoms with Gasteiger partial charge in [0.1, 0.15) is 24.6 Å². The number of amides is 1. The van der Waals surface area contributed by atoms with Gasteiger partial charge in [-0.1, -0.05) is 6.92 Å². The molecule has 1 aromatic rings. The number of aliphatic hydroxyl groups is 2. The molecular formula is C18H27NO6. The van der Waals surface area contributed by atoms with Gasteiger partial charge in [0, 0.05) is 19.2 Å². The first-order valence-electron chi connectivity index (χ1n) is 8.55. The summed E-state index contributed by atoms with van der Waals surface area (Å²) >= 11 is 0. The van der Waals surface area contributed by atoms with E-state index >= 15 is 0 Å². The highest BCUT2D eigenvalue weighted by atomic mass is 16.5. The Morgan fingerprint density at radius 3 is 2.60 bits per heavy atom. The van der Waals surface area contributed by atoms with Gasteiger partial charge in [0.25, 0.3) is 5.91 Å². The Hall–Kier alpha value is -1.67. The van der Waals surface area contributed by atoms with Crippen LogP contribution in [0.2, 0.25) is 0 Å². The summed E-state index contributed by atoms with van der Waals surface area (Å²) < 4.78 is 15.7. The molecule has 0 radical (unpaired) electrons. The van der Waals surface area contributed by atoms with Crippen molar-refractivity contribution in [2.45, 2.75) is 31.6 Å². The minimum Gasteiger partial charge on any atom is -0.491 e. The van der Waals surface area contributed by atoms with Gasteiger partial charge in [-0.15, -0.1) is 0 Å². The molecule has 2 N–H and O–H groups in total. The Bertz CT molecular complexity index is 535. The molecule has 7 heteroatoms. The summed E-state index contributed by atoms with van der Waals surface area (Å²) in [6, 6.07) is 6.29. The van der Waals surface area contributed by atoms with Crippen LogP contribution >= 0.6 is 0 Å². The fourth-order valence-corrected chi connectivity index (χ4v) is 2.80. The van der Waals surface area contributed by atoms with E-state index in [1.54, 1.807) is 36.3 Å². The van der Waals surface area contributed by atoms with Gasteiger partial charge in [0.05, 0.1) is 25.9 Å². The van der Waals surface area contributed by atoms with Gasteiger partial charge in [-0.3, -0.25) is 4.79 Å². The van der Waals surface area contributed by atoms with Crippen LogP contribution in [-0.4, -0.2) is 79.4 Å². The largest absolute Gasteiger partial charge is 0.491 e. The lowest BCUT2D eigenvalue weighted by Gasteiger charge is -2.39. The molecule has 0 bridgehead atoms. The lowest BCUT2D eigenvalue weighted by molar-refractivity contribution is -0.125. The molecule has 1 aliphatic rings. The maximum Gasteiger partial charge on any atom is 0.254 e. The van der Waals surface area contributed by atoms with Crippen LogP contribution in [0, 0.1) is 0 Å². The highest BCUT2D eigenvalue weighted by molar-refractivity contribution is 5.94. The summed E-state index contributed by atoms with van der Waals surface area (Å²) in [5.74, 6) is 0.458. The number of benzene rings is 1. The summed E-state index contributed by atoms with van der Waals surface area (Å²) in [6.07, 6.45) is -1.26. The molecule has 0 aliphatic carbocycles. The summed E-state index contributed by atoms with van der Waals surface area (Å²) in [5, 5.41) is 20.1. The van der Waals surface area contributed by atoms with Crippen molar-refractivity contribution in [3.63, 3.8) is 0 Å². The molecule has 1 saturated heterocycles. The molecule has 1 amide bonds. The molecule has 0 unspecified atom stereocenters. The molecule has 3 atom stereocenters. The van der Waals surface area contributed by atoms with Crippen molar-refractivity contribution in [2.24, 2.45) is 0 Å². The fraction of sp³-hybridized carbons (Fsp3) is 0.611. The van der Waals surface area contributed by atoms with Gasteiger partial charge in [-0.25, -0.2) is 0 Å². The Balaban J connectivity index is 2.08. The fourth-order valence-electron chi connectivity index (χ4n) is 2.80. The van der Waals surface area contributed by atoms with Crippen molar-refractivity contribution < 1.29 is 29.2 Å². The van der Waals surface area contributed by atoms with Crippen LogP contribution in [0.15, 0.2) is 24.3 Å². The number of hydrogen-bond acceptors (Lipinski definition) is 6.